The molecule has 0 aliphatic heterocycles. The number of thioether (sulfide) groups is 1. The lowest BCUT2D eigenvalue weighted by molar-refractivity contribution is 0.380. The lowest BCUT2D eigenvalue weighted by Crippen LogP contribution is -2.40. The van der Waals surface area contributed by atoms with Gasteiger partial charge in [-0.1, -0.05) is 6.42 Å². The monoisotopic (exact) mass is 258 g/mol. The first-order valence-electron chi connectivity index (χ1n) is 5.60. The molecule has 94 valence electrons. The first-order valence-corrected chi connectivity index (χ1v) is 6.82. The number of halogens is 2. The summed E-state index contributed by atoms with van der Waals surface area (Å²) in [6, 6.07) is 2.04. The van der Waals surface area contributed by atoms with Crippen LogP contribution in [0.3, 0.4) is 0 Å². The zero-order valence-electron chi connectivity index (χ0n) is 9.72. The quantitative estimate of drug-likeness (QED) is 0.814. The first kappa shape index (κ1) is 12.5. The summed E-state index contributed by atoms with van der Waals surface area (Å²) in [6.07, 6.45) is 5.56. The fourth-order valence-corrected chi connectivity index (χ4v) is 2.92. The summed E-state index contributed by atoms with van der Waals surface area (Å²) in [6.45, 7) is 0.696. The third kappa shape index (κ3) is 2.49. The number of nitrogen functional groups attached to an aromatic ring is 1. The standard InChI is InChI=1S/C12H16F2N2S/c1-17-12(3-2-4-12)7-16-10-6-8(13)5-9(14)11(10)15/h5-6,16H,2-4,7,15H2,1H3. The Morgan fingerprint density at radius 3 is 2.65 bits per heavy atom. The summed E-state index contributed by atoms with van der Waals surface area (Å²) in [4.78, 5) is 0. The molecule has 0 unspecified atom stereocenters. The summed E-state index contributed by atoms with van der Waals surface area (Å²) >= 11 is 1.80. The van der Waals surface area contributed by atoms with E-state index < -0.39 is 11.6 Å². The third-order valence-corrected chi connectivity index (χ3v) is 4.81. The minimum Gasteiger partial charge on any atom is -0.395 e. The van der Waals surface area contributed by atoms with Crippen LogP contribution in [0.15, 0.2) is 12.1 Å². The molecule has 1 aliphatic rings. The van der Waals surface area contributed by atoms with Gasteiger partial charge in [-0.2, -0.15) is 11.8 Å². The second-order valence-electron chi connectivity index (χ2n) is 4.44. The van der Waals surface area contributed by atoms with Crippen LogP contribution in [0.5, 0.6) is 0 Å². The van der Waals surface area contributed by atoms with Crippen LogP contribution in [0, 0.1) is 11.6 Å². The van der Waals surface area contributed by atoms with Crippen molar-refractivity contribution < 1.29 is 8.78 Å². The zero-order chi connectivity index (χ0) is 12.5. The van der Waals surface area contributed by atoms with Crippen molar-refractivity contribution in [2.24, 2.45) is 0 Å². The van der Waals surface area contributed by atoms with Gasteiger partial charge in [0.25, 0.3) is 0 Å². The number of hydrogen-bond donors (Lipinski definition) is 2. The van der Waals surface area contributed by atoms with Crippen molar-refractivity contribution >= 4 is 23.1 Å². The van der Waals surface area contributed by atoms with Crippen LogP contribution in [0.2, 0.25) is 0 Å². The summed E-state index contributed by atoms with van der Waals surface area (Å²) in [5, 5.41) is 3.06. The normalized spacial score (nSPS) is 17.6. The van der Waals surface area contributed by atoms with E-state index in [4.69, 9.17) is 5.73 Å². The van der Waals surface area contributed by atoms with Crippen molar-refractivity contribution in [2.75, 3.05) is 23.9 Å². The Bertz CT molecular complexity index is 414. The molecule has 0 heterocycles. The van der Waals surface area contributed by atoms with Crippen molar-refractivity contribution in [1.29, 1.82) is 0 Å². The van der Waals surface area contributed by atoms with Gasteiger partial charge in [0.2, 0.25) is 0 Å². The van der Waals surface area contributed by atoms with Gasteiger partial charge in [0, 0.05) is 17.4 Å². The van der Waals surface area contributed by atoms with Crippen LogP contribution in [0.4, 0.5) is 20.2 Å². The van der Waals surface area contributed by atoms with E-state index in [2.05, 4.69) is 11.6 Å². The highest BCUT2D eigenvalue weighted by atomic mass is 32.2. The van der Waals surface area contributed by atoms with Crippen LogP contribution < -0.4 is 11.1 Å². The van der Waals surface area contributed by atoms with Gasteiger partial charge < -0.3 is 11.1 Å². The van der Waals surface area contributed by atoms with E-state index in [0.717, 1.165) is 18.9 Å². The van der Waals surface area contributed by atoms with Crippen molar-refractivity contribution in [1.82, 2.24) is 0 Å². The van der Waals surface area contributed by atoms with Crippen LogP contribution in [0.1, 0.15) is 19.3 Å². The molecule has 0 bridgehead atoms. The molecule has 1 fully saturated rings. The molecule has 0 radical (unpaired) electrons. The fourth-order valence-electron chi connectivity index (χ4n) is 2.01. The topological polar surface area (TPSA) is 38.0 Å². The maximum Gasteiger partial charge on any atom is 0.151 e. The van der Waals surface area contributed by atoms with Gasteiger partial charge in [-0.05, 0) is 25.2 Å². The van der Waals surface area contributed by atoms with Crippen molar-refractivity contribution in [3.63, 3.8) is 0 Å². The summed E-state index contributed by atoms with van der Waals surface area (Å²) in [7, 11) is 0. The molecule has 1 aliphatic carbocycles. The summed E-state index contributed by atoms with van der Waals surface area (Å²) in [5.74, 6) is -1.31. The van der Waals surface area contributed by atoms with Crippen LogP contribution >= 0.6 is 11.8 Å². The van der Waals surface area contributed by atoms with Crippen LogP contribution in [0.25, 0.3) is 0 Å². The summed E-state index contributed by atoms with van der Waals surface area (Å²) in [5.41, 5.74) is 5.91. The van der Waals surface area contributed by atoms with E-state index in [1.165, 1.54) is 12.5 Å². The number of rotatable bonds is 4. The summed E-state index contributed by atoms with van der Waals surface area (Å²) < 4.78 is 26.5. The van der Waals surface area contributed by atoms with Crippen molar-refractivity contribution in [2.45, 2.75) is 24.0 Å². The number of nitrogens with one attached hydrogen (secondary N) is 1. The average molecular weight is 258 g/mol. The Balaban J connectivity index is 2.08. The van der Waals surface area contributed by atoms with Gasteiger partial charge in [-0.3, -0.25) is 0 Å². The highest BCUT2D eigenvalue weighted by Crippen LogP contribution is 2.43. The highest BCUT2D eigenvalue weighted by molar-refractivity contribution is 8.00. The van der Waals surface area contributed by atoms with Gasteiger partial charge in [-0.15, -0.1) is 0 Å². The maximum atomic E-state index is 13.2. The Hall–Kier alpha value is -0.970. The average Bonchev–Trinajstić information content (AvgIpc) is 2.23. The van der Waals surface area contributed by atoms with Crippen molar-refractivity contribution in [3.8, 4) is 0 Å². The van der Waals surface area contributed by atoms with Gasteiger partial charge in [0.15, 0.2) is 5.82 Å². The number of hydrogen-bond acceptors (Lipinski definition) is 3. The van der Waals surface area contributed by atoms with Crippen LogP contribution in [-0.4, -0.2) is 17.5 Å². The third-order valence-electron chi connectivity index (χ3n) is 3.39. The van der Waals surface area contributed by atoms with E-state index in [1.54, 1.807) is 11.8 Å². The lowest BCUT2D eigenvalue weighted by atomic mass is 9.84. The first-order chi connectivity index (χ1) is 8.06. The molecular weight excluding hydrogens is 242 g/mol. The van der Waals surface area contributed by atoms with Crippen molar-refractivity contribution in [3.05, 3.63) is 23.8 Å². The molecular formula is C12H16F2N2S. The predicted molar refractivity (Wildman–Crippen MR) is 69.4 cm³/mol. The zero-order valence-corrected chi connectivity index (χ0v) is 10.5. The lowest BCUT2D eigenvalue weighted by Gasteiger charge is -2.40. The molecule has 1 saturated carbocycles. The second kappa shape index (κ2) is 4.72. The van der Waals surface area contributed by atoms with E-state index in [-0.39, 0.29) is 10.4 Å². The number of anilines is 2. The molecule has 0 amide bonds. The molecule has 2 rings (SSSR count). The smallest absolute Gasteiger partial charge is 0.151 e. The van der Waals surface area contributed by atoms with Gasteiger partial charge in [0.05, 0.1) is 11.4 Å². The van der Waals surface area contributed by atoms with Crippen LogP contribution in [-0.2, 0) is 0 Å². The Morgan fingerprint density at radius 1 is 1.41 bits per heavy atom. The predicted octanol–water partition coefficient (Wildman–Crippen LogP) is 3.24. The fraction of sp³-hybridized carbons (Fsp3) is 0.500. The molecule has 1 aromatic rings. The molecule has 3 N–H and O–H groups in total. The molecule has 17 heavy (non-hydrogen) atoms. The number of nitrogens with two attached hydrogens (primary N) is 1. The van der Waals surface area contributed by atoms with Gasteiger partial charge in [0.1, 0.15) is 5.82 Å². The molecule has 1 aromatic carbocycles. The maximum absolute atomic E-state index is 13.2. The Morgan fingerprint density at radius 2 is 2.12 bits per heavy atom. The molecule has 0 aromatic heterocycles. The Labute approximate surface area is 104 Å². The van der Waals surface area contributed by atoms with E-state index >= 15 is 0 Å². The SMILES string of the molecule is CSC1(CNc2cc(F)cc(F)c2N)CCC1. The molecule has 0 atom stereocenters. The Kier molecular flexibility index (Phi) is 3.47. The molecule has 5 heteroatoms. The van der Waals surface area contributed by atoms with Gasteiger partial charge >= 0.3 is 0 Å². The number of benzene rings is 1. The largest absolute Gasteiger partial charge is 0.395 e. The highest BCUT2D eigenvalue weighted by Gasteiger charge is 2.35. The molecule has 0 saturated heterocycles. The minimum atomic E-state index is -0.709. The molecule has 0 spiro atoms. The van der Waals surface area contributed by atoms with E-state index in [9.17, 15) is 8.78 Å². The minimum absolute atomic E-state index is 0.0121. The molecule has 2 nitrogen and oxygen atoms in total. The second-order valence-corrected chi connectivity index (χ2v) is 5.72. The van der Waals surface area contributed by atoms with E-state index in [0.29, 0.717) is 12.2 Å². The van der Waals surface area contributed by atoms with Gasteiger partial charge in [-0.25, -0.2) is 8.78 Å². The van der Waals surface area contributed by atoms with E-state index in [1.807, 2.05) is 0 Å².